The van der Waals surface area contributed by atoms with E-state index in [1.165, 1.54) is 0 Å². The number of methoxy groups -OCH3 is 3. The molecule has 1 amide bonds. The molecule has 6 nitrogen and oxygen atoms in total. The average molecular weight is 406 g/mol. The lowest BCUT2D eigenvalue weighted by atomic mass is 10.0. The zero-order valence-electron chi connectivity index (χ0n) is 17.6. The van der Waals surface area contributed by atoms with Gasteiger partial charge in [0, 0.05) is 29.1 Å². The normalized spacial score (nSPS) is 11.3. The smallest absolute Gasteiger partial charge is 0.246 e. The number of para-hydroxylation sites is 1. The Balaban J connectivity index is 1.78. The molecule has 3 aromatic carbocycles. The fraction of sp³-hybridized carbons (Fsp3) is 0.208. The quantitative estimate of drug-likeness (QED) is 0.561. The van der Waals surface area contributed by atoms with E-state index in [1.807, 2.05) is 54.6 Å². The van der Waals surface area contributed by atoms with Crippen LogP contribution in [0.5, 0.6) is 17.2 Å². The van der Waals surface area contributed by atoms with Gasteiger partial charge in [-0.1, -0.05) is 48.5 Å². The molecule has 0 saturated heterocycles. The van der Waals surface area contributed by atoms with Crippen molar-refractivity contribution in [3.05, 3.63) is 66.7 Å². The lowest BCUT2D eigenvalue weighted by Gasteiger charge is -2.19. The maximum atomic E-state index is 12.9. The van der Waals surface area contributed by atoms with Crippen LogP contribution >= 0.6 is 0 Å². The highest BCUT2D eigenvalue weighted by Crippen LogP contribution is 2.40. The first-order valence-corrected chi connectivity index (χ1v) is 9.59. The Morgan fingerprint density at radius 1 is 0.833 bits per heavy atom. The monoisotopic (exact) mass is 406 g/mol. The molecule has 6 heteroatoms. The number of amides is 1. The summed E-state index contributed by atoms with van der Waals surface area (Å²) in [4.78, 5) is 12.9. The maximum Gasteiger partial charge on any atom is 0.246 e. The first-order chi connectivity index (χ1) is 14.6. The number of nitrogens with one attached hydrogen (secondary N) is 2. The second-order valence-corrected chi connectivity index (χ2v) is 6.68. The molecule has 1 atom stereocenters. The molecule has 2 N–H and O–H groups in total. The van der Waals surface area contributed by atoms with Crippen molar-refractivity contribution in [3.63, 3.8) is 0 Å². The predicted molar refractivity (Wildman–Crippen MR) is 120 cm³/mol. The number of hydrogen-bond acceptors (Lipinski definition) is 5. The van der Waals surface area contributed by atoms with E-state index in [0.29, 0.717) is 22.9 Å². The average Bonchev–Trinajstić information content (AvgIpc) is 2.79. The van der Waals surface area contributed by atoms with Crippen molar-refractivity contribution in [1.29, 1.82) is 0 Å². The van der Waals surface area contributed by atoms with Crippen molar-refractivity contribution < 1.29 is 19.0 Å². The Hall–Kier alpha value is -3.67. The molecule has 156 valence electrons. The SMILES string of the molecule is COc1cc(N[C@H](C)C(=O)Nc2ccccc2-c2ccccc2)cc(OC)c1OC. The molecular formula is C24H26N2O4. The number of ether oxygens (including phenoxy) is 3. The van der Waals surface area contributed by atoms with E-state index in [1.54, 1.807) is 40.4 Å². The third kappa shape index (κ3) is 4.66. The minimum Gasteiger partial charge on any atom is -0.493 e. The summed E-state index contributed by atoms with van der Waals surface area (Å²) in [6.07, 6.45) is 0. The molecule has 0 aliphatic rings. The third-order valence-corrected chi connectivity index (χ3v) is 4.71. The molecule has 0 aliphatic heterocycles. The second-order valence-electron chi connectivity index (χ2n) is 6.68. The second kappa shape index (κ2) is 9.69. The molecule has 0 saturated carbocycles. The van der Waals surface area contributed by atoms with E-state index >= 15 is 0 Å². The molecule has 0 fully saturated rings. The van der Waals surface area contributed by atoms with Gasteiger partial charge in [0.05, 0.1) is 21.3 Å². The van der Waals surface area contributed by atoms with Gasteiger partial charge < -0.3 is 24.8 Å². The Labute approximate surface area is 176 Å². The van der Waals surface area contributed by atoms with Crippen molar-refractivity contribution in [3.8, 4) is 28.4 Å². The number of anilines is 2. The van der Waals surface area contributed by atoms with Gasteiger partial charge in [-0.25, -0.2) is 0 Å². The van der Waals surface area contributed by atoms with Crippen LogP contribution in [0.1, 0.15) is 6.92 Å². The van der Waals surface area contributed by atoms with Crippen molar-refractivity contribution >= 4 is 17.3 Å². The summed E-state index contributed by atoms with van der Waals surface area (Å²) in [6.45, 7) is 1.80. The highest BCUT2D eigenvalue weighted by atomic mass is 16.5. The van der Waals surface area contributed by atoms with Crippen molar-refractivity contribution in [2.75, 3.05) is 32.0 Å². The van der Waals surface area contributed by atoms with Gasteiger partial charge in [-0.05, 0) is 18.6 Å². The summed E-state index contributed by atoms with van der Waals surface area (Å²) < 4.78 is 16.1. The third-order valence-electron chi connectivity index (χ3n) is 4.71. The number of carbonyl (C=O) groups is 1. The topological polar surface area (TPSA) is 68.8 Å². The van der Waals surface area contributed by atoms with Gasteiger partial charge in [0.15, 0.2) is 11.5 Å². The minimum absolute atomic E-state index is 0.160. The lowest BCUT2D eigenvalue weighted by molar-refractivity contribution is -0.116. The molecule has 0 aromatic heterocycles. The highest BCUT2D eigenvalue weighted by Gasteiger charge is 2.18. The van der Waals surface area contributed by atoms with Crippen LogP contribution in [0.2, 0.25) is 0 Å². The summed E-state index contributed by atoms with van der Waals surface area (Å²) in [5.74, 6) is 1.37. The van der Waals surface area contributed by atoms with Crippen LogP contribution in [0.25, 0.3) is 11.1 Å². The summed E-state index contributed by atoms with van der Waals surface area (Å²) >= 11 is 0. The number of rotatable bonds is 8. The molecule has 0 bridgehead atoms. The van der Waals surface area contributed by atoms with Crippen LogP contribution in [-0.4, -0.2) is 33.3 Å². The largest absolute Gasteiger partial charge is 0.493 e. The van der Waals surface area contributed by atoms with E-state index in [2.05, 4.69) is 10.6 Å². The Morgan fingerprint density at radius 2 is 1.43 bits per heavy atom. The van der Waals surface area contributed by atoms with E-state index in [-0.39, 0.29) is 5.91 Å². The fourth-order valence-corrected chi connectivity index (χ4v) is 3.18. The summed E-state index contributed by atoms with van der Waals surface area (Å²) in [7, 11) is 4.66. The standard InChI is InChI=1S/C24H26N2O4/c1-16(25-18-14-21(28-2)23(30-4)22(15-18)29-3)24(27)26-20-13-9-8-12-19(20)17-10-6-5-7-11-17/h5-16,25H,1-4H3,(H,26,27)/t16-/m1/s1. The van der Waals surface area contributed by atoms with Crippen LogP contribution < -0.4 is 24.8 Å². The summed E-state index contributed by atoms with van der Waals surface area (Å²) in [6, 6.07) is 20.7. The predicted octanol–water partition coefficient (Wildman–Crippen LogP) is 4.82. The summed E-state index contributed by atoms with van der Waals surface area (Å²) in [5, 5.41) is 6.21. The molecular weight excluding hydrogens is 380 g/mol. The zero-order valence-corrected chi connectivity index (χ0v) is 17.6. The van der Waals surface area contributed by atoms with Gasteiger partial charge in [0.2, 0.25) is 11.7 Å². The van der Waals surface area contributed by atoms with E-state index in [0.717, 1.165) is 16.8 Å². The van der Waals surface area contributed by atoms with Crippen molar-refractivity contribution in [2.24, 2.45) is 0 Å². The zero-order chi connectivity index (χ0) is 21.5. The van der Waals surface area contributed by atoms with Crippen molar-refractivity contribution in [1.82, 2.24) is 0 Å². The van der Waals surface area contributed by atoms with Crippen LogP contribution in [0.3, 0.4) is 0 Å². The van der Waals surface area contributed by atoms with E-state index in [9.17, 15) is 4.79 Å². The summed E-state index contributed by atoms with van der Waals surface area (Å²) in [5.41, 5.74) is 3.45. The molecule has 0 unspecified atom stereocenters. The number of carbonyl (C=O) groups excluding carboxylic acids is 1. The molecule has 0 heterocycles. The highest BCUT2D eigenvalue weighted by molar-refractivity contribution is 5.99. The molecule has 0 radical (unpaired) electrons. The van der Waals surface area contributed by atoms with Crippen LogP contribution in [0.15, 0.2) is 66.7 Å². The number of benzene rings is 3. The molecule has 3 aromatic rings. The van der Waals surface area contributed by atoms with Crippen LogP contribution in [-0.2, 0) is 4.79 Å². The molecule has 3 rings (SSSR count). The Kier molecular flexibility index (Phi) is 6.80. The maximum absolute atomic E-state index is 12.9. The Bertz CT molecular complexity index is 980. The number of hydrogen-bond donors (Lipinski definition) is 2. The molecule has 30 heavy (non-hydrogen) atoms. The Morgan fingerprint density at radius 3 is 2.03 bits per heavy atom. The van der Waals surface area contributed by atoms with Crippen LogP contribution in [0.4, 0.5) is 11.4 Å². The first kappa shape index (κ1) is 21.0. The molecule has 0 spiro atoms. The van der Waals surface area contributed by atoms with Gasteiger partial charge in [-0.15, -0.1) is 0 Å². The molecule has 0 aliphatic carbocycles. The van der Waals surface area contributed by atoms with Crippen LogP contribution in [0, 0.1) is 0 Å². The van der Waals surface area contributed by atoms with Gasteiger partial charge in [0.25, 0.3) is 0 Å². The first-order valence-electron chi connectivity index (χ1n) is 9.59. The van der Waals surface area contributed by atoms with E-state index < -0.39 is 6.04 Å². The van der Waals surface area contributed by atoms with Gasteiger partial charge in [-0.3, -0.25) is 4.79 Å². The van der Waals surface area contributed by atoms with Gasteiger partial charge in [0.1, 0.15) is 6.04 Å². The lowest BCUT2D eigenvalue weighted by Crippen LogP contribution is -2.32. The van der Waals surface area contributed by atoms with Crippen molar-refractivity contribution in [2.45, 2.75) is 13.0 Å². The fourth-order valence-electron chi connectivity index (χ4n) is 3.18. The minimum atomic E-state index is -0.503. The van der Waals surface area contributed by atoms with E-state index in [4.69, 9.17) is 14.2 Å². The van der Waals surface area contributed by atoms with Gasteiger partial charge in [-0.2, -0.15) is 0 Å². The van der Waals surface area contributed by atoms with Gasteiger partial charge >= 0.3 is 0 Å².